The molecule has 1 aromatic carbocycles. The highest BCUT2D eigenvalue weighted by Gasteiger charge is 2.28. The molecular weight excluding hydrogens is 328 g/mol. The van der Waals surface area contributed by atoms with Crippen LogP contribution in [0, 0.1) is 0 Å². The molecule has 0 aliphatic carbocycles. The molecule has 0 N–H and O–H groups in total. The van der Waals surface area contributed by atoms with Crippen molar-refractivity contribution in [2.75, 3.05) is 6.61 Å². The number of para-hydroxylation sites is 2. The Bertz CT molecular complexity index is 1020. The fraction of sp³-hybridized carbons (Fsp3) is 0.133. The average molecular weight is 338 g/mol. The quantitative estimate of drug-likeness (QED) is 0.553. The lowest BCUT2D eigenvalue weighted by atomic mass is 10.2. The summed E-state index contributed by atoms with van der Waals surface area (Å²) in [4.78, 5) is 9.00. The lowest BCUT2D eigenvalue weighted by molar-refractivity contribution is 0.0836. The summed E-state index contributed by atoms with van der Waals surface area (Å²) >= 11 is 1.40. The summed E-state index contributed by atoms with van der Waals surface area (Å²) in [6.45, 7) is 0.357. The third kappa shape index (κ3) is 2.09. The molecule has 3 aromatic heterocycles. The van der Waals surface area contributed by atoms with Gasteiger partial charge < -0.3 is 9.47 Å². The van der Waals surface area contributed by atoms with E-state index in [9.17, 15) is 0 Å². The Morgan fingerprint density at radius 2 is 2.04 bits per heavy atom. The number of benzene rings is 1. The predicted molar refractivity (Wildman–Crippen MR) is 85.0 cm³/mol. The fourth-order valence-electron chi connectivity index (χ4n) is 2.49. The molecule has 0 radical (unpaired) electrons. The summed E-state index contributed by atoms with van der Waals surface area (Å²) in [7, 11) is 0. The fourth-order valence-corrected chi connectivity index (χ4v) is 3.30. The molecule has 118 valence electrons. The van der Waals surface area contributed by atoms with Crippen molar-refractivity contribution in [2.45, 2.75) is 6.10 Å². The van der Waals surface area contributed by atoms with Gasteiger partial charge in [0.05, 0.1) is 6.20 Å². The van der Waals surface area contributed by atoms with Crippen molar-refractivity contribution in [3.63, 3.8) is 0 Å². The van der Waals surface area contributed by atoms with Crippen LogP contribution in [-0.4, -0.2) is 36.4 Å². The van der Waals surface area contributed by atoms with E-state index in [2.05, 4.69) is 25.3 Å². The molecule has 0 saturated carbocycles. The maximum atomic E-state index is 5.99. The summed E-state index contributed by atoms with van der Waals surface area (Å²) in [5.41, 5.74) is 0.699. The Morgan fingerprint density at radius 1 is 1.12 bits per heavy atom. The molecule has 0 fully saturated rings. The molecule has 1 aliphatic heterocycles. The predicted octanol–water partition coefficient (Wildman–Crippen LogP) is 2.16. The molecule has 0 unspecified atom stereocenters. The van der Waals surface area contributed by atoms with Crippen LogP contribution in [0.2, 0.25) is 0 Å². The Kier molecular flexibility index (Phi) is 2.92. The van der Waals surface area contributed by atoms with Crippen LogP contribution in [-0.2, 0) is 0 Å². The summed E-state index contributed by atoms with van der Waals surface area (Å²) in [6, 6.07) is 7.55. The first-order valence-corrected chi connectivity index (χ1v) is 8.07. The number of aromatic nitrogens is 6. The lowest BCUT2D eigenvalue weighted by Gasteiger charge is -2.24. The van der Waals surface area contributed by atoms with Crippen molar-refractivity contribution >= 4 is 16.3 Å². The maximum absolute atomic E-state index is 5.99. The van der Waals surface area contributed by atoms with Gasteiger partial charge in [-0.1, -0.05) is 23.5 Å². The highest BCUT2D eigenvalue weighted by atomic mass is 32.1. The van der Waals surface area contributed by atoms with Crippen molar-refractivity contribution in [3.05, 3.63) is 48.7 Å². The number of nitrogens with zero attached hydrogens (tertiary/aromatic N) is 6. The number of hydrogen-bond donors (Lipinski definition) is 0. The third-order valence-electron chi connectivity index (χ3n) is 3.59. The van der Waals surface area contributed by atoms with Gasteiger partial charge in [0.25, 0.3) is 0 Å². The second kappa shape index (κ2) is 5.24. The van der Waals surface area contributed by atoms with E-state index in [4.69, 9.17) is 9.47 Å². The van der Waals surface area contributed by atoms with E-state index in [0.717, 1.165) is 10.8 Å². The molecule has 8 nitrogen and oxygen atoms in total. The zero-order valence-corrected chi connectivity index (χ0v) is 13.1. The molecule has 4 aromatic rings. The van der Waals surface area contributed by atoms with Crippen LogP contribution in [0.4, 0.5) is 0 Å². The van der Waals surface area contributed by atoms with Crippen molar-refractivity contribution < 1.29 is 9.47 Å². The lowest BCUT2D eigenvalue weighted by Crippen LogP contribution is -2.23. The monoisotopic (exact) mass is 338 g/mol. The van der Waals surface area contributed by atoms with Gasteiger partial charge in [-0.25, -0.2) is 0 Å². The van der Waals surface area contributed by atoms with Gasteiger partial charge in [0, 0.05) is 12.4 Å². The Labute approximate surface area is 139 Å². The molecule has 0 saturated heterocycles. The SMILES string of the molecule is c1ccc2c(c1)OC[C@H](c1nnc3sc(-c4cnccn4)nn13)O2. The van der Waals surface area contributed by atoms with E-state index < -0.39 is 0 Å². The molecule has 1 aliphatic rings. The van der Waals surface area contributed by atoms with Crippen molar-refractivity contribution in [2.24, 2.45) is 0 Å². The van der Waals surface area contributed by atoms with Gasteiger partial charge in [0.15, 0.2) is 28.4 Å². The van der Waals surface area contributed by atoms with E-state index in [-0.39, 0.29) is 6.10 Å². The Balaban J connectivity index is 1.53. The first-order chi connectivity index (χ1) is 11.9. The minimum absolute atomic E-state index is 0.357. The van der Waals surface area contributed by atoms with Gasteiger partial charge in [-0.05, 0) is 12.1 Å². The van der Waals surface area contributed by atoms with Gasteiger partial charge in [0.1, 0.15) is 12.3 Å². The number of hydrogen-bond acceptors (Lipinski definition) is 8. The van der Waals surface area contributed by atoms with Crippen LogP contribution in [0.15, 0.2) is 42.9 Å². The minimum Gasteiger partial charge on any atom is -0.485 e. The van der Waals surface area contributed by atoms with Crippen LogP contribution >= 0.6 is 11.3 Å². The summed E-state index contributed by atoms with van der Waals surface area (Å²) in [5.74, 6) is 2.02. The summed E-state index contributed by atoms with van der Waals surface area (Å²) < 4.78 is 13.4. The number of ether oxygens (including phenoxy) is 2. The smallest absolute Gasteiger partial charge is 0.235 e. The largest absolute Gasteiger partial charge is 0.485 e. The molecule has 0 spiro atoms. The van der Waals surface area contributed by atoms with Crippen molar-refractivity contribution in [1.29, 1.82) is 0 Å². The number of fused-ring (bicyclic) bond motifs is 2. The minimum atomic E-state index is -0.369. The van der Waals surface area contributed by atoms with E-state index >= 15 is 0 Å². The molecule has 1 atom stereocenters. The summed E-state index contributed by atoms with van der Waals surface area (Å²) in [6.07, 6.45) is 4.56. The van der Waals surface area contributed by atoms with E-state index in [1.54, 1.807) is 23.1 Å². The van der Waals surface area contributed by atoms with Crippen molar-refractivity contribution in [1.82, 2.24) is 29.8 Å². The molecule has 24 heavy (non-hydrogen) atoms. The zero-order chi connectivity index (χ0) is 15.9. The second-order valence-electron chi connectivity index (χ2n) is 5.11. The second-order valence-corrected chi connectivity index (χ2v) is 6.07. The van der Waals surface area contributed by atoms with Gasteiger partial charge in [-0.15, -0.1) is 10.2 Å². The van der Waals surface area contributed by atoms with Crippen LogP contribution in [0.5, 0.6) is 11.5 Å². The highest BCUT2D eigenvalue weighted by molar-refractivity contribution is 7.19. The highest BCUT2D eigenvalue weighted by Crippen LogP contribution is 2.36. The van der Waals surface area contributed by atoms with Crippen LogP contribution in [0.25, 0.3) is 15.7 Å². The van der Waals surface area contributed by atoms with E-state index in [1.165, 1.54) is 11.3 Å². The van der Waals surface area contributed by atoms with Gasteiger partial charge in [-0.3, -0.25) is 9.97 Å². The normalized spacial score (nSPS) is 16.4. The van der Waals surface area contributed by atoms with Gasteiger partial charge in [-0.2, -0.15) is 9.61 Å². The average Bonchev–Trinajstić information content (AvgIpc) is 3.23. The molecule has 0 amide bonds. The Hall–Kier alpha value is -3.07. The molecule has 5 rings (SSSR count). The standard InChI is InChI=1S/C15H10N6O2S/c1-2-4-11-10(3-1)22-8-12(23-11)13-18-19-15-21(13)20-14(24-15)9-7-16-5-6-17-9/h1-7,12H,8H2/t12-/m1/s1. The molecule has 4 heterocycles. The molecule has 9 heteroatoms. The van der Waals surface area contributed by atoms with E-state index in [0.29, 0.717) is 28.8 Å². The zero-order valence-electron chi connectivity index (χ0n) is 12.2. The van der Waals surface area contributed by atoms with Crippen LogP contribution in [0.1, 0.15) is 11.9 Å². The first-order valence-electron chi connectivity index (χ1n) is 7.25. The Morgan fingerprint density at radius 3 is 2.92 bits per heavy atom. The third-order valence-corrected chi connectivity index (χ3v) is 4.52. The molecular formula is C15H10N6O2S. The van der Waals surface area contributed by atoms with Crippen LogP contribution < -0.4 is 9.47 Å². The van der Waals surface area contributed by atoms with Gasteiger partial charge in [0.2, 0.25) is 4.96 Å². The van der Waals surface area contributed by atoms with E-state index in [1.807, 2.05) is 24.3 Å². The van der Waals surface area contributed by atoms with Gasteiger partial charge >= 0.3 is 0 Å². The summed E-state index contributed by atoms with van der Waals surface area (Å²) in [5, 5.41) is 13.7. The first kappa shape index (κ1) is 13.4. The van der Waals surface area contributed by atoms with Crippen molar-refractivity contribution in [3.8, 4) is 22.2 Å². The number of rotatable bonds is 2. The topological polar surface area (TPSA) is 87.3 Å². The van der Waals surface area contributed by atoms with Crippen LogP contribution in [0.3, 0.4) is 0 Å². The molecule has 0 bridgehead atoms. The maximum Gasteiger partial charge on any atom is 0.235 e.